The molecule has 0 aliphatic heterocycles. The second-order valence-corrected chi connectivity index (χ2v) is 2.25. The number of aromatic hydroxyl groups is 2. The summed E-state index contributed by atoms with van der Waals surface area (Å²) in [7, 11) is 0. The summed E-state index contributed by atoms with van der Waals surface area (Å²) in [6, 6.07) is 4.17. The first-order valence-electron chi connectivity index (χ1n) is 3.52. The molecular weight excluding hydrogens is 170 g/mol. The Morgan fingerprint density at radius 3 is 2.62 bits per heavy atom. The summed E-state index contributed by atoms with van der Waals surface area (Å²) in [5, 5.41) is 25.1. The molecule has 4 N–H and O–H groups in total. The second-order valence-electron chi connectivity index (χ2n) is 2.25. The maximum absolute atomic E-state index is 9.26. The number of nitrogens with two attached hydrogens (primary N) is 1. The number of rotatable bonds is 2. The number of hydrogen-bond acceptors (Lipinski definition) is 4. The molecule has 68 valence electrons. The predicted octanol–water partition coefficient (Wildman–Crippen LogP) is 0.419. The molecule has 0 fully saturated rings. The van der Waals surface area contributed by atoms with Crippen LogP contribution in [-0.4, -0.2) is 22.8 Å². The van der Waals surface area contributed by atoms with Crippen molar-refractivity contribution in [3.05, 3.63) is 23.8 Å². The van der Waals surface area contributed by atoms with Crippen LogP contribution in [0.3, 0.4) is 0 Å². The van der Waals surface area contributed by atoms with Crippen molar-refractivity contribution in [3.8, 4) is 11.5 Å². The van der Waals surface area contributed by atoms with Gasteiger partial charge in [-0.05, 0) is 12.1 Å². The number of nitrogens with zero attached hydrogens (tertiary/aromatic N) is 2. The van der Waals surface area contributed by atoms with Crippen LogP contribution in [0.25, 0.3) is 0 Å². The first-order valence-corrected chi connectivity index (χ1v) is 3.52. The molecule has 1 aromatic carbocycles. The highest BCUT2D eigenvalue weighted by Crippen LogP contribution is 2.20. The smallest absolute Gasteiger partial charge is 0.128 e. The van der Waals surface area contributed by atoms with Crippen molar-refractivity contribution in [2.45, 2.75) is 0 Å². The van der Waals surface area contributed by atoms with Gasteiger partial charge in [-0.25, -0.2) is 0 Å². The molecule has 0 spiro atoms. The standard InChI is InChI=1S/C8H9N3O2/c9-5-11-10-4-6-1-2-7(12)3-8(6)13/h1-5,12-13H,(H2,9,11)/b10-4+. The van der Waals surface area contributed by atoms with Crippen molar-refractivity contribution >= 4 is 12.6 Å². The summed E-state index contributed by atoms with van der Waals surface area (Å²) in [5.74, 6) is -0.0621. The fourth-order valence-corrected chi connectivity index (χ4v) is 0.775. The third-order valence-electron chi connectivity index (χ3n) is 1.34. The van der Waals surface area contributed by atoms with Crippen molar-refractivity contribution in [1.82, 2.24) is 0 Å². The molecule has 13 heavy (non-hydrogen) atoms. The SMILES string of the molecule is N/C=N/N=C/c1ccc(O)cc1O. The van der Waals surface area contributed by atoms with E-state index in [1.54, 1.807) is 0 Å². The summed E-state index contributed by atoms with van der Waals surface area (Å²) >= 11 is 0. The van der Waals surface area contributed by atoms with Crippen LogP contribution in [0.15, 0.2) is 28.4 Å². The number of benzene rings is 1. The number of phenols is 2. The largest absolute Gasteiger partial charge is 0.508 e. The van der Waals surface area contributed by atoms with Crippen LogP contribution >= 0.6 is 0 Å². The molecule has 0 unspecified atom stereocenters. The molecule has 1 rings (SSSR count). The molecule has 0 atom stereocenters. The molecule has 5 nitrogen and oxygen atoms in total. The average molecular weight is 179 g/mol. The van der Waals surface area contributed by atoms with E-state index in [9.17, 15) is 5.11 Å². The van der Waals surface area contributed by atoms with Crippen molar-refractivity contribution < 1.29 is 10.2 Å². The molecule has 0 saturated heterocycles. The lowest BCUT2D eigenvalue weighted by atomic mass is 10.2. The lowest BCUT2D eigenvalue weighted by molar-refractivity contribution is 0.450. The Balaban J connectivity index is 2.89. The van der Waals surface area contributed by atoms with Crippen LogP contribution in [0, 0.1) is 0 Å². The van der Waals surface area contributed by atoms with E-state index in [2.05, 4.69) is 10.2 Å². The third kappa shape index (κ3) is 2.48. The highest BCUT2D eigenvalue weighted by Gasteiger charge is 1.97. The number of hydrogen-bond donors (Lipinski definition) is 3. The van der Waals surface area contributed by atoms with Crippen LogP contribution in [0.1, 0.15) is 5.56 Å². The van der Waals surface area contributed by atoms with E-state index in [4.69, 9.17) is 10.8 Å². The fraction of sp³-hybridized carbons (Fsp3) is 0. The molecule has 0 aliphatic rings. The summed E-state index contributed by atoms with van der Waals surface area (Å²) in [6.45, 7) is 0. The average Bonchev–Trinajstić information content (AvgIpc) is 2.09. The van der Waals surface area contributed by atoms with Gasteiger partial charge in [0.2, 0.25) is 0 Å². The van der Waals surface area contributed by atoms with Crippen LogP contribution < -0.4 is 5.73 Å². The van der Waals surface area contributed by atoms with E-state index in [0.717, 1.165) is 6.34 Å². The van der Waals surface area contributed by atoms with Gasteiger partial charge in [0.25, 0.3) is 0 Å². The van der Waals surface area contributed by atoms with Crippen molar-refractivity contribution in [3.63, 3.8) is 0 Å². The van der Waals surface area contributed by atoms with E-state index in [1.807, 2.05) is 0 Å². The Morgan fingerprint density at radius 2 is 2.00 bits per heavy atom. The first-order chi connectivity index (χ1) is 6.24. The molecule has 0 aliphatic carbocycles. The zero-order valence-corrected chi connectivity index (χ0v) is 6.75. The van der Waals surface area contributed by atoms with Crippen molar-refractivity contribution in [1.29, 1.82) is 0 Å². The van der Waals surface area contributed by atoms with Crippen LogP contribution in [0.2, 0.25) is 0 Å². The van der Waals surface area contributed by atoms with Gasteiger partial charge in [0.1, 0.15) is 17.8 Å². The molecule has 0 heterocycles. The molecule has 5 heteroatoms. The molecule has 0 saturated carbocycles. The monoisotopic (exact) mass is 179 g/mol. The van der Waals surface area contributed by atoms with Gasteiger partial charge >= 0.3 is 0 Å². The minimum absolute atomic E-state index is 0.00280. The van der Waals surface area contributed by atoms with E-state index in [0.29, 0.717) is 5.56 Å². The second kappa shape index (κ2) is 4.10. The van der Waals surface area contributed by atoms with Crippen LogP contribution in [0.4, 0.5) is 0 Å². The Kier molecular flexibility index (Phi) is 2.86. The van der Waals surface area contributed by atoms with E-state index in [1.165, 1.54) is 24.4 Å². The van der Waals surface area contributed by atoms with Gasteiger partial charge in [-0.2, -0.15) is 5.10 Å². The lowest BCUT2D eigenvalue weighted by Crippen LogP contribution is -1.86. The zero-order chi connectivity index (χ0) is 9.68. The first kappa shape index (κ1) is 9.05. The molecule has 0 amide bonds. The quantitative estimate of drug-likeness (QED) is 0.349. The highest BCUT2D eigenvalue weighted by atomic mass is 16.3. The molecule has 1 aromatic rings. The van der Waals surface area contributed by atoms with Crippen LogP contribution in [0.5, 0.6) is 11.5 Å². The molecule has 0 aromatic heterocycles. The summed E-state index contributed by atoms with van der Waals surface area (Å²) in [5.41, 5.74) is 5.41. The fourth-order valence-electron chi connectivity index (χ4n) is 0.775. The maximum atomic E-state index is 9.26. The maximum Gasteiger partial charge on any atom is 0.128 e. The Labute approximate surface area is 74.9 Å². The Bertz CT molecular complexity index is 347. The third-order valence-corrected chi connectivity index (χ3v) is 1.34. The van der Waals surface area contributed by atoms with E-state index < -0.39 is 0 Å². The van der Waals surface area contributed by atoms with E-state index >= 15 is 0 Å². The summed E-state index contributed by atoms with van der Waals surface area (Å²) in [6.07, 6.45) is 2.37. The number of phenolic OH excluding ortho intramolecular Hbond substituents is 2. The predicted molar refractivity (Wildman–Crippen MR) is 50.0 cm³/mol. The minimum Gasteiger partial charge on any atom is -0.508 e. The lowest BCUT2D eigenvalue weighted by Gasteiger charge is -1.97. The Morgan fingerprint density at radius 1 is 1.23 bits per heavy atom. The topological polar surface area (TPSA) is 91.2 Å². The molecule has 0 radical (unpaired) electrons. The van der Waals surface area contributed by atoms with Crippen LogP contribution in [-0.2, 0) is 0 Å². The van der Waals surface area contributed by atoms with Gasteiger partial charge in [-0.15, -0.1) is 5.10 Å². The van der Waals surface area contributed by atoms with Gasteiger partial charge in [0.05, 0.1) is 6.21 Å². The van der Waals surface area contributed by atoms with Gasteiger partial charge in [0, 0.05) is 11.6 Å². The summed E-state index contributed by atoms with van der Waals surface area (Å²) < 4.78 is 0. The molecular formula is C8H9N3O2. The molecule has 0 bridgehead atoms. The van der Waals surface area contributed by atoms with E-state index in [-0.39, 0.29) is 11.5 Å². The van der Waals surface area contributed by atoms with Gasteiger partial charge in [-0.1, -0.05) is 0 Å². The zero-order valence-electron chi connectivity index (χ0n) is 6.75. The van der Waals surface area contributed by atoms with Gasteiger partial charge < -0.3 is 15.9 Å². The Hall–Kier alpha value is -2.04. The van der Waals surface area contributed by atoms with Gasteiger partial charge in [-0.3, -0.25) is 0 Å². The highest BCUT2D eigenvalue weighted by molar-refractivity contribution is 5.83. The van der Waals surface area contributed by atoms with Crippen molar-refractivity contribution in [2.75, 3.05) is 0 Å². The summed E-state index contributed by atoms with van der Waals surface area (Å²) in [4.78, 5) is 0. The van der Waals surface area contributed by atoms with Crippen molar-refractivity contribution in [2.24, 2.45) is 15.9 Å². The minimum atomic E-state index is -0.0593. The van der Waals surface area contributed by atoms with Gasteiger partial charge in [0.15, 0.2) is 0 Å². The normalized spacial score (nSPS) is 11.4.